The lowest BCUT2D eigenvalue weighted by Crippen LogP contribution is -2.33. The molecule has 0 spiro atoms. The van der Waals surface area contributed by atoms with E-state index in [4.69, 9.17) is 9.47 Å². The number of hydrogen-bond donors (Lipinski definition) is 1. The van der Waals surface area contributed by atoms with Gasteiger partial charge in [0.15, 0.2) is 0 Å². The first-order chi connectivity index (χ1) is 10.3. The van der Waals surface area contributed by atoms with E-state index in [9.17, 15) is 4.79 Å². The number of nitrogens with one attached hydrogen (secondary N) is 1. The summed E-state index contributed by atoms with van der Waals surface area (Å²) in [5, 5.41) is 3.27. The lowest BCUT2D eigenvalue weighted by atomic mass is 10.1. The summed E-state index contributed by atoms with van der Waals surface area (Å²) >= 11 is 0. The lowest BCUT2D eigenvalue weighted by molar-refractivity contribution is -0.129. The van der Waals surface area contributed by atoms with Crippen molar-refractivity contribution >= 4 is 5.91 Å². The van der Waals surface area contributed by atoms with Gasteiger partial charge in [0.25, 0.3) is 0 Å². The summed E-state index contributed by atoms with van der Waals surface area (Å²) in [6, 6.07) is 10.2. The van der Waals surface area contributed by atoms with Gasteiger partial charge in [-0.2, -0.15) is 0 Å². The van der Waals surface area contributed by atoms with Crippen molar-refractivity contribution in [1.29, 1.82) is 0 Å². The largest absolute Gasteiger partial charge is 0.382 e. The van der Waals surface area contributed by atoms with Crippen molar-refractivity contribution in [2.75, 3.05) is 40.1 Å². The van der Waals surface area contributed by atoms with Crippen LogP contribution >= 0.6 is 0 Å². The molecule has 1 heterocycles. The third kappa shape index (κ3) is 5.12. The smallest absolute Gasteiger partial charge is 0.240 e. The van der Waals surface area contributed by atoms with Crippen LogP contribution in [-0.2, 0) is 20.7 Å². The molecule has 5 nitrogen and oxygen atoms in total. The fourth-order valence-electron chi connectivity index (χ4n) is 2.40. The number of hydrogen-bond acceptors (Lipinski definition) is 4. The molecule has 5 heteroatoms. The molecule has 116 valence electrons. The Balaban J connectivity index is 1.66. The van der Waals surface area contributed by atoms with Gasteiger partial charge < -0.3 is 14.4 Å². The van der Waals surface area contributed by atoms with E-state index >= 15 is 0 Å². The number of carbonyl (C=O) groups is 1. The molecule has 1 aromatic rings. The zero-order valence-electron chi connectivity index (χ0n) is 12.6. The van der Waals surface area contributed by atoms with E-state index in [0.29, 0.717) is 33.0 Å². The van der Waals surface area contributed by atoms with E-state index in [1.807, 2.05) is 23.1 Å². The molecule has 1 aromatic carbocycles. The van der Waals surface area contributed by atoms with E-state index in [0.717, 1.165) is 12.8 Å². The van der Waals surface area contributed by atoms with Crippen LogP contribution in [-0.4, -0.2) is 57.0 Å². The Morgan fingerprint density at radius 2 is 2.05 bits per heavy atom. The summed E-state index contributed by atoms with van der Waals surface area (Å²) in [4.78, 5) is 14.1. The second-order valence-corrected chi connectivity index (χ2v) is 5.15. The molecular weight excluding hydrogens is 268 g/mol. The van der Waals surface area contributed by atoms with Gasteiger partial charge in [-0.1, -0.05) is 30.3 Å². The van der Waals surface area contributed by atoms with Gasteiger partial charge in [0.2, 0.25) is 5.91 Å². The van der Waals surface area contributed by atoms with E-state index in [-0.39, 0.29) is 11.9 Å². The number of rotatable bonds is 9. The summed E-state index contributed by atoms with van der Waals surface area (Å²) in [5.74, 6) is 0.182. The molecule has 1 fully saturated rings. The predicted molar refractivity (Wildman–Crippen MR) is 81.0 cm³/mol. The number of ether oxygens (including phenoxy) is 2. The Morgan fingerprint density at radius 3 is 2.81 bits per heavy atom. The summed E-state index contributed by atoms with van der Waals surface area (Å²) in [7, 11) is 1.65. The van der Waals surface area contributed by atoms with Crippen molar-refractivity contribution in [2.24, 2.45) is 0 Å². The molecule has 1 aliphatic heterocycles. The Bertz CT molecular complexity index is 425. The van der Waals surface area contributed by atoms with Crippen LogP contribution in [0.25, 0.3) is 0 Å². The van der Waals surface area contributed by atoms with E-state index < -0.39 is 0 Å². The average Bonchev–Trinajstić information content (AvgIpc) is 2.87. The highest BCUT2D eigenvalue weighted by Gasteiger charge is 2.30. The minimum Gasteiger partial charge on any atom is -0.382 e. The first-order valence-corrected chi connectivity index (χ1v) is 7.44. The Kier molecular flexibility index (Phi) is 6.66. The van der Waals surface area contributed by atoms with Crippen LogP contribution in [0.15, 0.2) is 30.3 Å². The van der Waals surface area contributed by atoms with E-state index in [1.54, 1.807) is 7.11 Å². The van der Waals surface area contributed by atoms with Crippen LogP contribution in [0.4, 0.5) is 0 Å². The first kappa shape index (κ1) is 15.9. The minimum atomic E-state index is -0.0656. The number of amides is 1. The Hall–Kier alpha value is -1.43. The predicted octanol–water partition coefficient (Wildman–Crippen LogP) is 1.04. The summed E-state index contributed by atoms with van der Waals surface area (Å²) < 4.78 is 10.3. The molecule has 0 bridgehead atoms. The normalized spacial score (nSPS) is 18.4. The standard InChI is InChI=1S/C16H24N2O3/c1-20-11-12-21-10-9-18-13-17-15(16(18)19)8-7-14-5-3-2-4-6-14/h2-6,15,17H,7-13H2,1H3. The first-order valence-electron chi connectivity index (χ1n) is 7.44. The van der Waals surface area contributed by atoms with Gasteiger partial charge in [-0.15, -0.1) is 0 Å². The van der Waals surface area contributed by atoms with Gasteiger partial charge in [-0.05, 0) is 18.4 Å². The minimum absolute atomic E-state index is 0.0656. The number of carbonyl (C=O) groups excluding carboxylic acids is 1. The van der Waals surface area contributed by atoms with E-state index in [1.165, 1.54) is 5.56 Å². The van der Waals surface area contributed by atoms with Crippen molar-refractivity contribution < 1.29 is 14.3 Å². The van der Waals surface area contributed by atoms with Crippen molar-refractivity contribution in [2.45, 2.75) is 18.9 Å². The number of methoxy groups -OCH3 is 1. The molecular formula is C16H24N2O3. The van der Waals surface area contributed by atoms with Crippen LogP contribution < -0.4 is 5.32 Å². The third-order valence-corrected chi connectivity index (χ3v) is 3.64. The molecule has 1 N–H and O–H groups in total. The highest BCUT2D eigenvalue weighted by atomic mass is 16.5. The molecule has 1 atom stereocenters. The molecule has 0 saturated carbocycles. The third-order valence-electron chi connectivity index (χ3n) is 3.64. The lowest BCUT2D eigenvalue weighted by Gasteiger charge is -2.15. The van der Waals surface area contributed by atoms with Gasteiger partial charge in [-0.3, -0.25) is 10.1 Å². The maximum absolute atomic E-state index is 12.2. The van der Waals surface area contributed by atoms with E-state index in [2.05, 4.69) is 17.4 Å². The SMILES string of the molecule is COCCOCCN1CNC(CCc2ccccc2)C1=O. The zero-order chi connectivity index (χ0) is 14.9. The zero-order valence-corrected chi connectivity index (χ0v) is 12.6. The van der Waals surface area contributed by atoms with Crippen LogP contribution in [0.5, 0.6) is 0 Å². The van der Waals surface area contributed by atoms with Crippen molar-refractivity contribution in [3.05, 3.63) is 35.9 Å². The molecule has 0 aliphatic carbocycles. The maximum atomic E-state index is 12.2. The van der Waals surface area contributed by atoms with Crippen LogP contribution in [0, 0.1) is 0 Å². The van der Waals surface area contributed by atoms with Crippen molar-refractivity contribution in [3.63, 3.8) is 0 Å². The maximum Gasteiger partial charge on any atom is 0.240 e. The van der Waals surface area contributed by atoms with Crippen molar-refractivity contribution in [1.82, 2.24) is 10.2 Å². The Labute approximate surface area is 126 Å². The molecule has 0 aromatic heterocycles. The molecule has 0 radical (unpaired) electrons. The van der Waals surface area contributed by atoms with Crippen LogP contribution in [0.1, 0.15) is 12.0 Å². The topological polar surface area (TPSA) is 50.8 Å². The fraction of sp³-hybridized carbons (Fsp3) is 0.562. The summed E-state index contributed by atoms with van der Waals surface area (Å²) in [6.07, 6.45) is 1.76. The second-order valence-electron chi connectivity index (χ2n) is 5.15. The van der Waals surface area contributed by atoms with Gasteiger partial charge in [0.1, 0.15) is 0 Å². The van der Waals surface area contributed by atoms with Crippen LogP contribution in [0.3, 0.4) is 0 Å². The molecule has 1 aliphatic rings. The fourth-order valence-corrected chi connectivity index (χ4v) is 2.40. The highest BCUT2D eigenvalue weighted by molar-refractivity contribution is 5.83. The summed E-state index contributed by atoms with van der Waals surface area (Å²) in [5.41, 5.74) is 1.27. The number of benzene rings is 1. The molecule has 1 saturated heterocycles. The van der Waals surface area contributed by atoms with Gasteiger partial charge in [-0.25, -0.2) is 0 Å². The van der Waals surface area contributed by atoms with Gasteiger partial charge in [0, 0.05) is 13.7 Å². The Morgan fingerprint density at radius 1 is 1.24 bits per heavy atom. The molecule has 2 rings (SSSR count). The molecule has 1 amide bonds. The molecule has 21 heavy (non-hydrogen) atoms. The number of nitrogens with zero attached hydrogens (tertiary/aromatic N) is 1. The van der Waals surface area contributed by atoms with Crippen molar-refractivity contribution in [3.8, 4) is 0 Å². The van der Waals surface area contributed by atoms with Crippen LogP contribution in [0.2, 0.25) is 0 Å². The molecule has 1 unspecified atom stereocenters. The second kappa shape index (κ2) is 8.77. The average molecular weight is 292 g/mol. The number of aryl methyl sites for hydroxylation is 1. The highest BCUT2D eigenvalue weighted by Crippen LogP contribution is 2.11. The van der Waals surface area contributed by atoms with Gasteiger partial charge >= 0.3 is 0 Å². The quantitative estimate of drug-likeness (QED) is 0.691. The summed E-state index contributed by atoms with van der Waals surface area (Å²) in [6.45, 7) is 2.97. The monoisotopic (exact) mass is 292 g/mol. The van der Waals surface area contributed by atoms with Gasteiger partial charge in [0.05, 0.1) is 32.5 Å².